The summed E-state index contributed by atoms with van der Waals surface area (Å²) in [4.78, 5) is 24.2. The number of nitrogens with one attached hydrogen (secondary N) is 2. The summed E-state index contributed by atoms with van der Waals surface area (Å²) in [5, 5.41) is 5.54. The molecule has 0 saturated heterocycles. The summed E-state index contributed by atoms with van der Waals surface area (Å²) in [6.07, 6.45) is 1.62. The molecule has 0 saturated carbocycles. The van der Waals surface area contributed by atoms with Crippen LogP contribution in [0, 0.1) is 0 Å². The lowest BCUT2D eigenvalue weighted by molar-refractivity contribution is -0.137. The lowest BCUT2D eigenvalue weighted by Crippen LogP contribution is -2.15. The van der Waals surface area contributed by atoms with E-state index in [-0.39, 0.29) is 11.4 Å². The van der Waals surface area contributed by atoms with Gasteiger partial charge < -0.3 is 10.6 Å². The predicted molar refractivity (Wildman–Crippen MR) is 93.0 cm³/mol. The molecule has 0 radical (unpaired) electrons. The molecule has 0 aliphatic carbocycles. The van der Waals surface area contributed by atoms with Gasteiger partial charge in [-0.3, -0.25) is 9.78 Å². The minimum Gasteiger partial charge on any atom is -0.365 e. The number of alkyl halides is 3. The molecule has 3 aromatic rings. The molecule has 2 N–H and O–H groups in total. The first-order valence-corrected chi connectivity index (χ1v) is 7.85. The number of nitrogens with zero attached hydrogens (tertiary/aromatic N) is 3. The van der Waals surface area contributed by atoms with Gasteiger partial charge in [0, 0.05) is 24.6 Å². The second-order valence-electron chi connectivity index (χ2n) is 5.53. The Bertz CT molecular complexity index is 897. The second kappa shape index (κ2) is 7.81. The second-order valence-corrected chi connectivity index (χ2v) is 5.53. The molecule has 0 aliphatic rings. The first kappa shape index (κ1) is 18.3. The number of anilines is 2. The fraction of sp³-hybridized carbons (Fsp3) is 0.111. The highest BCUT2D eigenvalue weighted by molar-refractivity contribution is 6.02. The van der Waals surface area contributed by atoms with E-state index < -0.39 is 17.6 Å². The summed E-state index contributed by atoms with van der Waals surface area (Å²) in [7, 11) is 0. The number of hydrogen-bond donors (Lipinski definition) is 2. The Morgan fingerprint density at radius 2 is 1.67 bits per heavy atom. The molecule has 1 amide bonds. The normalized spacial score (nSPS) is 11.1. The van der Waals surface area contributed by atoms with Crippen molar-refractivity contribution in [3.05, 3.63) is 78.0 Å². The molecule has 9 heteroatoms. The fourth-order valence-corrected chi connectivity index (χ4v) is 2.17. The van der Waals surface area contributed by atoms with Crippen LogP contribution in [-0.4, -0.2) is 20.9 Å². The first-order chi connectivity index (χ1) is 12.9. The van der Waals surface area contributed by atoms with Crippen LogP contribution in [0.15, 0.2) is 61.2 Å². The third kappa shape index (κ3) is 5.00. The van der Waals surface area contributed by atoms with Crippen LogP contribution in [0.5, 0.6) is 0 Å². The summed E-state index contributed by atoms with van der Waals surface area (Å²) >= 11 is 0. The summed E-state index contributed by atoms with van der Waals surface area (Å²) in [6, 6.07) is 7.86. The highest BCUT2D eigenvalue weighted by Gasteiger charge is 2.30. The highest BCUT2D eigenvalue weighted by Crippen LogP contribution is 2.29. The average Bonchev–Trinajstić information content (AvgIpc) is 2.67. The van der Waals surface area contributed by atoms with Gasteiger partial charge in [-0.15, -0.1) is 0 Å². The quantitative estimate of drug-likeness (QED) is 0.712. The number of hydrogen-bond acceptors (Lipinski definition) is 5. The van der Waals surface area contributed by atoms with Crippen molar-refractivity contribution in [2.45, 2.75) is 12.7 Å². The molecule has 0 unspecified atom stereocenters. The molecule has 0 aliphatic heterocycles. The standard InChI is InChI=1S/C18H14F3N5O/c19-18(20,21)13-1-3-14(4-2-13)26-17(27)15-10-25-16(11-23-15)24-9-12-5-7-22-8-6-12/h1-8,10-11H,9H2,(H,24,25)(H,26,27). The Hall–Kier alpha value is -3.49. The van der Waals surface area contributed by atoms with Crippen molar-refractivity contribution in [2.24, 2.45) is 0 Å². The van der Waals surface area contributed by atoms with Crippen molar-refractivity contribution in [3.63, 3.8) is 0 Å². The fourth-order valence-electron chi connectivity index (χ4n) is 2.17. The molecule has 2 aromatic heterocycles. The average molecular weight is 373 g/mol. The maximum atomic E-state index is 12.5. The molecular weight excluding hydrogens is 359 g/mol. The molecule has 2 heterocycles. The predicted octanol–water partition coefficient (Wildman–Crippen LogP) is 3.75. The Balaban J connectivity index is 1.58. The summed E-state index contributed by atoms with van der Waals surface area (Å²) in [5.74, 6) is -0.0826. The van der Waals surface area contributed by atoms with E-state index in [1.807, 2.05) is 12.1 Å². The molecule has 6 nitrogen and oxygen atoms in total. The number of carbonyl (C=O) groups excluding carboxylic acids is 1. The Labute approximate surface area is 152 Å². The van der Waals surface area contributed by atoms with Crippen LogP contribution in [0.1, 0.15) is 21.6 Å². The topological polar surface area (TPSA) is 79.8 Å². The number of rotatable bonds is 5. The van der Waals surface area contributed by atoms with Crippen molar-refractivity contribution in [3.8, 4) is 0 Å². The zero-order valence-electron chi connectivity index (χ0n) is 13.9. The van der Waals surface area contributed by atoms with Gasteiger partial charge in [-0.2, -0.15) is 13.2 Å². The molecule has 0 atom stereocenters. The van der Waals surface area contributed by atoms with Gasteiger partial charge in [0.2, 0.25) is 0 Å². The molecule has 3 rings (SSSR count). The molecule has 138 valence electrons. The van der Waals surface area contributed by atoms with Crippen molar-refractivity contribution >= 4 is 17.4 Å². The number of aromatic nitrogens is 3. The molecule has 27 heavy (non-hydrogen) atoms. The number of halogens is 3. The van der Waals surface area contributed by atoms with Gasteiger partial charge >= 0.3 is 6.18 Å². The van der Waals surface area contributed by atoms with Gasteiger partial charge in [0.25, 0.3) is 5.91 Å². The Kier molecular flexibility index (Phi) is 5.30. The lowest BCUT2D eigenvalue weighted by Gasteiger charge is -2.09. The molecule has 0 spiro atoms. The van der Waals surface area contributed by atoms with Crippen LogP contribution >= 0.6 is 0 Å². The molecule has 1 aromatic carbocycles. The monoisotopic (exact) mass is 373 g/mol. The van der Waals surface area contributed by atoms with Crippen molar-refractivity contribution < 1.29 is 18.0 Å². The van der Waals surface area contributed by atoms with E-state index in [1.165, 1.54) is 24.5 Å². The van der Waals surface area contributed by atoms with Crippen LogP contribution in [0.3, 0.4) is 0 Å². The Morgan fingerprint density at radius 3 is 2.26 bits per heavy atom. The molecule has 0 bridgehead atoms. The smallest absolute Gasteiger partial charge is 0.365 e. The van der Waals surface area contributed by atoms with Gasteiger partial charge in [0.1, 0.15) is 11.5 Å². The van der Waals surface area contributed by atoms with Crippen molar-refractivity contribution in [2.75, 3.05) is 10.6 Å². The highest BCUT2D eigenvalue weighted by atomic mass is 19.4. The third-order valence-corrected chi connectivity index (χ3v) is 3.58. The number of pyridine rings is 1. The van der Waals surface area contributed by atoms with Crippen molar-refractivity contribution in [1.82, 2.24) is 15.0 Å². The van der Waals surface area contributed by atoms with Gasteiger partial charge in [0.05, 0.1) is 18.0 Å². The SMILES string of the molecule is O=C(Nc1ccc(C(F)(F)F)cc1)c1cnc(NCc2ccncc2)cn1. The number of carbonyl (C=O) groups is 1. The molecular formula is C18H14F3N5O. The minimum absolute atomic E-state index is 0.0457. The van der Waals surface area contributed by atoms with Crippen molar-refractivity contribution in [1.29, 1.82) is 0 Å². The number of benzene rings is 1. The molecule has 0 fully saturated rings. The summed E-state index contributed by atoms with van der Waals surface area (Å²) in [5.41, 5.74) is 0.500. The third-order valence-electron chi connectivity index (χ3n) is 3.58. The van der Waals surface area contributed by atoms with E-state index in [9.17, 15) is 18.0 Å². The van der Waals surface area contributed by atoms with Gasteiger partial charge in [0.15, 0.2) is 0 Å². The van der Waals surface area contributed by atoms with Gasteiger partial charge in [-0.25, -0.2) is 9.97 Å². The maximum absolute atomic E-state index is 12.5. The largest absolute Gasteiger partial charge is 0.416 e. The van der Waals surface area contributed by atoms with E-state index in [4.69, 9.17) is 0 Å². The van der Waals surface area contributed by atoms with E-state index in [0.29, 0.717) is 12.4 Å². The van der Waals surface area contributed by atoms with Crippen LogP contribution < -0.4 is 10.6 Å². The van der Waals surface area contributed by atoms with Gasteiger partial charge in [-0.1, -0.05) is 0 Å². The van der Waals surface area contributed by atoms with Gasteiger partial charge in [-0.05, 0) is 42.0 Å². The minimum atomic E-state index is -4.42. The van der Waals surface area contributed by atoms with Crippen LogP contribution in [0.25, 0.3) is 0 Å². The maximum Gasteiger partial charge on any atom is 0.416 e. The van der Waals surface area contributed by atoms with E-state index in [0.717, 1.165) is 17.7 Å². The van der Waals surface area contributed by atoms with E-state index in [2.05, 4.69) is 25.6 Å². The van der Waals surface area contributed by atoms with E-state index in [1.54, 1.807) is 12.4 Å². The Morgan fingerprint density at radius 1 is 0.963 bits per heavy atom. The zero-order valence-corrected chi connectivity index (χ0v) is 13.9. The van der Waals surface area contributed by atoms with Crippen LogP contribution in [-0.2, 0) is 12.7 Å². The number of amides is 1. The van der Waals surface area contributed by atoms with Crippen LogP contribution in [0.4, 0.5) is 24.7 Å². The van der Waals surface area contributed by atoms with Crippen LogP contribution in [0.2, 0.25) is 0 Å². The first-order valence-electron chi connectivity index (χ1n) is 7.85. The lowest BCUT2D eigenvalue weighted by atomic mass is 10.2. The van der Waals surface area contributed by atoms with E-state index >= 15 is 0 Å². The summed E-state index contributed by atoms with van der Waals surface area (Å²) < 4.78 is 37.6. The zero-order chi connectivity index (χ0) is 19.3. The summed E-state index contributed by atoms with van der Waals surface area (Å²) in [6.45, 7) is 0.522.